The molecule has 19 heavy (non-hydrogen) atoms. The lowest BCUT2D eigenvalue weighted by molar-refractivity contribution is -0.137. The van der Waals surface area contributed by atoms with Crippen LogP contribution in [0.3, 0.4) is 0 Å². The molecule has 1 heterocycles. The third-order valence-corrected chi connectivity index (χ3v) is 3.17. The van der Waals surface area contributed by atoms with Crippen LogP contribution in [0.25, 0.3) is 11.1 Å². The first-order valence-electron chi connectivity index (χ1n) is 6.20. The van der Waals surface area contributed by atoms with Gasteiger partial charge in [-0.25, -0.2) is 4.98 Å². The van der Waals surface area contributed by atoms with E-state index >= 15 is 0 Å². The Morgan fingerprint density at radius 2 is 2.11 bits per heavy atom. The van der Waals surface area contributed by atoms with Gasteiger partial charge in [-0.05, 0) is 43.5 Å². The SMILES string of the molecule is FC(F)(F)c1ccc2oc(CNCC3CC3)nc2c1. The molecule has 6 heteroatoms. The normalized spacial score (nSPS) is 16.2. The van der Waals surface area contributed by atoms with Crippen molar-refractivity contribution in [3.8, 4) is 0 Å². The Hall–Kier alpha value is -1.56. The van der Waals surface area contributed by atoms with E-state index in [9.17, 15) is 13.2 Å². The zero-order valence-electron chi connectivity index (χ0n) is 10.1. The lowest BCUT2D eigenvalue weighted by Crippen LogP contribution is -2.16. The standard InChI is InChI=1S/C13H13F3N2O/c14-13(15,16)9-3-4-11-10(5-9)18-12(19-11)7-17-6-8-1-2-8/h3-5,8,17H,1-2,6-7H2. The highest BCUT2D eigenvalue weighted by Gasteiger charge is 2.31. The number of nitrogens with zero attached hydrogens (tertiary/aromatic N) is 1. The second-order valence-electron chi connectivity index (χ2n) is 4.86. The molecule has 1 aliphatic rings. The fourth-order valence-electron chi connectivity index (χ4n) is 1.93. The van der Waals surface area contributed by atoms with E-state index in [1.54, 1.807) is 0 Å². The first kappa shape index (κ1) is 12.5. The molecule has 2 aromatic rings. The lowest BCUT2D eigenvalue weighted by Gasteiger charge is -2.04. The minimum atomic E-state index is -4.35. The van der Waals surface area contributed by atoms with Crippen LogP contribution < -0.4 is 5.32 Å². The van der Waals surface area contributed by atoms with Crippen LogP contribution in [0.4, 0.5) is 13.2 Å². The van der Waals surface area contributed by atoms with Crippen molar-refractivity contribution in [2.24, 2.45) is 5.92 Å². The van der Waals surface area contributed by atoms with Crippen molar-refractivity contribution in [3.63, 3.8) is 0 Å². The average molecular weight is 270 g/mol. The molecule has 1 aromatic heterocycles. The van der Waals surface area contributed by atoms with Gasteiger partial charge in [0.25, 0.3) is 0 Å². The highest BCUT2D eigenvalue weighted by molar-refractivity contribution is 5.73. The first-order chi connectivity index (χ1) is 9.02. The summed E-state index contributed by atoms with van der Waals surface area (Å²) < 4.78 is 43.0. The number of hydrogen-bond donors (Lipinski definition) is 1. The van der Waals surface area contributed by atoms with E-state index in [2.05, 4.69) is 10.3 Å². The topological polar surface area (TPSA) is 38.1 Å². The zero-order chi connectivity index (χ0) is 13.5. The summed E-state index contributed by atoms with van der Waals surface area (Å²) >= 11 is 0. The molecule has 1 saturated carbocycles. The fraction of sp³-hybridized carbons (Fsp3) is 0.462. The summed E-state index contributed by atoms with van der Waals surface area (Å²) in [7, 11) is 0. The van der Waals surface area contributed by atoms with Crippen molar-refractivity contribution in [1.82, 2.24) is 10.3 Å². The summed E-state index contributed by atoms with van der Waals surface area (Å²) in [5, 5.41) is 3.19. The summed E-state index contributed by atoms with van der Waals surface area (Å²) in [6.07, 6.45) is -1.86. The van der Waals surface area contributed by atoms with Gasteiger partial charge in [0.15, 0.2) is 5.58 Å². The predicted octanol–water partition coefficient (Wildman–Crippen LogP) is 3.35. The number of fused-ring (bicyclic) bond motifs is 1. The van der Waals surface area contributed by atoms with Gasteiger partial charge in [0.1, 0.15) is 5.52 Å². The minimum Gasteiger partial charge on any atom is -0.439 e. The smallest absolute Gasteiger partial charge is 0.416 e. The van der Waals surface area contributed by atoms with Crippen molar-refractivity contribution in [2.75, 3.05) is 6.54 Å². The van der Waals surface area contributed by atoms with E-state index in [0.717, 1.165) is 24.6 Å². The number of rotatable bonds is 4. The molecule has 1 aliphatic carbocycles. The van der Waals surface area contributed by atoms with Crippen LogP contribution in [0.5, 0.6) is 0 Å². The molecule has 102 valence electrons. The van der Waals surface area contributed by atoms with Crippen LogP contribution in [0.15, 0.2) is 22.6 Å². The maximum Gasteiger partial charge on any atom is 0.416 e. The van der Waals surface area contributed by atoms with Crippen LogP contribution >= 0.6 is 0 Å². The Morgan fingerprint density at radius 1 is 1.32 bits per heavy atom. The van der Waals surface area contributed by atoms with Crippen molar-refractivity contribution in [3.05, 3.63) is 29.7 Å². The molecule has 1 aromatic carbocycles. The van der Waals surface area contributed by atoms with Gasteiger partial charge >= 0.3 is 6.18 Å². The molecule has 0 radical (unpaired) electrons. The zero-order valence-corrected chi connectivity index (χ0v) is 10.1. The summed E-state index contributed by atoms with van der Waals surface area (Å²) in [6.45, 7) is 1.36. The Kier molecular flexibility index (Phi) is 2.97. The Labute approximate surface area is 107 Å². The molecule has 0 aliphatic heterocycles. The highest BCUT2D eigenvalue weighted by Crippen LogP contribution is 2.31. The van der Waals surface area contributed by atoms with E-state index in [-0.39, 0.29) is 5.52 Å². The predicted molar refractivity (Wildman–Crippen MR) is 63.4 cm³/mol. The maximum absolute atomic E-state index is 12.6. The van der Waals surface area contributed by atoms with Crippen molar-refractivity contribution in [2.45, 2.75) is 25.6 Å². The van der Waals surface area contributed by atoms with Crippen LogP contribution in [-0.2, 0) is 12.7 Å². The molecule has 1 N–H and O–H groups in total. The van der Waals surface area contributed by atoms with E-state index in [1.807, 2.05) is 0 Å². The molecule has 0 amide bonds. The summed E-state index contributed by atoms with van der Waals surface area (Å²) in [4.78, 5) is 4.07. The van der Waals surface area contributed by atoms with Gasteiger partial charge < -0.3 is 9.73 Å². The monoisotopic (exact) mass is 270 g/mol. The Balaban J connectivity index is 1.75. The summed E-state index contributed by atoms with van der Waals surface area (Å²) in [5.74, 6) is 1.16. The number of alkyl halides is 3. The Bertz CT molecular complexity index is 587. The van der Waals surface area contributed by atoms with Crippen LogP contribution in [0.2, 0.25) is 0 Å². The number of hydrogen-bond acceptors (Lipinski definition) is 3. The van der Waals surface area contributed by atoms with Crippen LogP contribution in [0.1, 0.15) is 24.3 Å². The first-order valence-corrected chi connectivity index (χ1v) is 6.20. The molecule has 0 unspecified atom stereocenters. The van der Waals surface area contributed by atoms with Gasteiger partial charge in [0.2, 0.25) is 5.89 Å². The second kappa shape index (κ2) is 4.52. The Morgan fingerprint density at radius 3 is 2.79 bits per heavy atom. The number of oxazole rings is 1. The number of benzene rings is 1. The molecule has 1 fully saturated rings. The average Bonchev–Trinajstić information content (AvgIpc) is 3.06. The van der Waals surface area contributed by atoms with Gasteiger partial charge in [-0.2, -0.15) is 13.2 Å². The van der Waals surface area contributed by atoms with E-state index in [0.29, 0.717) is 18.0 Å². The third kappa shape index (κ3) is 2.89. The molecule has 3 nitrogen and oxygen atoms in total. The van der Waals surface area contributed by atoms with Gasteiger partial charge in [0, 0.05) is 0 Å². The maximum atomic E-state index is 12.6. The molecule has 3 rings (SSSR count). The summed E-state index contributed by atoms with van der Waals surface area (Å²) in [6, 6.07) is 3.34. The molecular formula is C13H13F3N2O. The number of halogens is 3. The molecule has 0 spiro atoms. The summed E-state index contributed by atoms with van der Waals surface area (Å²) in [5.41, 5.74) is -0.0694. The van der Waals surface area contributed by atoms with E-state index in [1.165, 1.54) is 18.9 Å². The van der Waals surface area contributed by atoms with E-state index in [4.69, 9.17) is 4.42 Å². The molecule has 0 saturated heterocycles. The highest BCUT2D eigenvalue weighted by atomic mass is 19.4. The number of nitrogens with one attached hydrogen (secondary N) is 1. The van der Waals surface area contributed by atoms with Crippen LogP contribution in [0, 0.1) is 5.92 Å². The van der Waals surface area contributed by atoms with Crippen molar-refractivity contribution < 1.29 is 17.6 Å². The van der Waals surface area contributed by atoms with Gasteiger partial charge in [-0.1, -0.05) is 0 Å². The van der Waals surface area contributed by atoms with Crippen molar-refractivity contribution in [1.29, 1.82) is 0 Å². The fourth-order valence-corrected chi connectivity index (χ4v) is 1.93. The molecule has 0 atom stereocenters. The van der Waals surface area contributed by atoms with Gasteiger partial charge in [-0.15, -0.1) is 0 Å². The third-order valence-electron chi connectivity index (χ3n) is 3.17. The van der Waals surface area contributed by atoms with E-state index < -0.39 is 11.7 Å². The van der Waals surface area contributed by atoms with Crippen molar-refractivity contribution >= 4 is 11.1 Å². The quantitative estimate of drug-likeness (QED) is 0.925. The minimum absolute atomic E-state index is 0.248. The number of aromatic nitrogens is 1. The largest absolute Gasteiger partial charge is 0.439 e. The second-order valence-corrected chi connectivity index (χ2v) is 4.86. The van der Waals surface area contributed by atoms with Crippen LogP contribution in [-0.4, -0.2) is 11.5 Å². The van der Waals surface area contributed by atoms with Gasteiger partial charge in [-0.3, -0.25) is 0 Å². The molecule has 0 bridgehead atoms. The molecular weight excluding hydrogens is 257 g/mol. The lowest BCUT2D eigenvalue weighted by atomic mass is 10.2. The van der Waals surface area contributed by atoms with Gasteiger partial charge in [0.05, 0.1) is 12.1 Å².